The molecule has 0 amide bonds. The lowest BCUT2D eigenvalue weighted by molar-refractivity contribution is 0.344. The summed E-state index contributed by atoms with van der Waals surface area (Å²) in [4.78, 5) is 6.70. The highest BCUT2D eigenvalue weighted by molar-refractivity contribution is 8.16. The molecule has 0 radical (unpaired) electrons. The molecule has 0 fully saturated rings. The first-order valence-corrected chi connectivity index (χ1v) is 15.2. The quantitative estimate of drug-likeness (QED) is 0.424. The van der Waals surface area contributed by atoms with Gasteiger partial charge in [-0.25, -0.2) is 21.6 Å². The number of aliphatic imine (C=N–C) groups is 1. The van der Waals surface area contributed by atoms with E-state index in [0.29, 0.717) is 29.4 Å². The summed E-state index contributed by atoms with van der Waals surface area (Å²) in [6, 6.07) is 8.03. The van der Waals surface area contributed by atoms with Crippen molar-refractivity contribution in [1.29, 1.82) is 0 Å². The third-order valence-electron chi connectivity index (χ3n) is 4.41. The second-order valence-corrected chi connectivity index (χ2v) is 13.1. The number of sulfonamides is 2. The lowest BCUT2D eigenvalue weighted by atomic mass is 10.4. The van der Waals surface area contributed by atoms with Crippen molar-refractivity contribution in [3.05, 3.63) is 41.9 Å². The lowest BCUT2D eigenvalue weighted by Gasteiger charge is -2.20. The summed E-state index contributed by atoms with van der Waals surface area (Å²) in [6.45, 7) is 3.31. The Morgan fingerprint density at radius 3 is 2.70 bits per heavy atom. The molecule has 0 aliphatic carbocycles. The van der Waals surface area contributed by atoms with Crippen LogP contribution in [-0.2, 0) is 32.3 Å². The maximum atomic E-state index is 12.7. The van der Waals surface area contributed by atoms with Crippen LogP contribution in [0.2, 0.25) is 0 Å². The van der Waals surface area contributed by atoms with Crippen LogP contribution in [-0.4, -0.2) is 59.8 Å². The SMILES string of the molecule is CCCNS(=O)(=O)c1ccc2c(c1)S(=O)(=O)NC(=NCCSCc1ccc(CN(C)C)o1)S2. The molecule has 2 heterocycles. The van der Waals surface area contributed by atoms with E-state index in [9.17, 15) is 16.8 Å². The van der Waals surface area contributed by atoms with Gasteiger partial charge in [-0.1, -0.05) is 18.7 Å². The van der Waals surface area contributed by atoms with Crippen LogP contribution in [0.1, 0.15) is 24.9 Å². The fourth-order valence-corrected chi connectivity index (χ4v) is 7.49. The van der Waals surface area contributed by atoms with Crippen LogP contribution in [0.4, 0.5) is 0 Å². The van der Waals surface area contributed by atoms with Gasteiger partial charge in [-0.3, -0.25) is 9.71 Å². The standard InChI is InChI=1S/C20H28N4O5S4/c1-4-9-22-32(25,26)17-7-8-18-19(12-17)33(27,28)23-20(31-18)21-10-11-30-14-16-6-5-15(29-16)13-24(2)3/h5-8,12,22H,4,9-11,13-14H2,1-3H3,(H,21,23). The summed E-state index contributed by atoms with van der Waals surface area (Å²) < 4.78 is 60.7. The molecule has 0 atom stereocenters. The van der Waals surface area contributed by atoms with Crippen molar-refractivity contribution < 1.29 is 21.3 Å². The molecule has 0 bridgehead atoms. The zero-order valence-electron chi connectivity index (χ0n) is 18.7. The van der Waals surface area contributed by atoms with Crippen LogP contribution in [0.15, 0.2) is 54.4 Å². The number of nitrogens with one attached hydrogen (secondary N) is 2. The van der Waals surface area contributed by atoms with Gasteiger partial charge in [-0.2, -0.15) is 11.8 Å². The largest absolute Gasteiger partial charge is 0.464 e. The Bertz CT molecular complexity index is 1210. The molecule has 9 nitrogen and oxygen atoms in total. The van der Waals surface area contributed by atoms with E-state index in [4.69, 9.17) is 4.42 Å². The minimum Gasteiger partial charge on any atom is -0.464 e. The molecule has 2 aromatic rings. The number of rotatable bonds is 11. The Kier molecular flexibility index (Phi) is 8.92. The molecular formula is C20H28N4O5S4. The minimum atomic E-state index is -3.91. The summed E-state index contributed by atoms with van der Waals surface area (Å²) >= 11 is 2.82. The average molecular weight is 533 g/mol. The predicted octanol–water partition coefficient (Wildman–Crippen LogP) is 2.70. The molecule has 0 saturated carbocycles. The number of amidine groups is 1. The van der Waals surface area contributed by atoms with Crippen LogP contribution in [0, 0.1) is 0 Å². The van der Waals surface area contributed by atoms with E-state index in [1.165, 1.54) is 30.0 Å². The molecule has 1 aromatic heterocycles. The Morgan fingerprint density at radius 1 is 1.21 bits per heavy atom. The van der Waals surface area contributed by atoms with E-state index in [-0.39, 0.29) is 21.5 Å². The molecule has 0 saturated heterocycles. The smallest absolute Gasteiger partial charge is 0.264 e. The van der Waals surface area contributed by atoms with Gasteiger partial charge in [-0.05, 0) is 50.8 Å². The zero-order chi connectivity index (χ0) is 24.1. The number of fused-ring (bicyclic) bond motifs is 1. The normalized spacial score (nSPS) is 16.7. The van der Waals surface area contributed by atoms with Gasteiger partial charge in [0.1, 0.15) is 16.4 Å². The molecule has 182 valence electrons. The molecule has 1 aliphatic rings. The Labute approximate surface area is 203 Å². The van der Waals surface area contributed by atoms with E-state index < -0.39 is 20.0 Å². The summed E-state index contributed by atoms with van der Waals surface area (Å²) in [5, 5.41) is 0.272. The third-order valence-corrected chi connectivity index (χ3v) is 9.47. The van der Waals surface area contributed by atoms with Crippen molar-refractivity contribution in [2.45, 2.75) is 40.3 Å². The summed E-state index contributed by atoms with van der Waals surface area (Å²) in [6.07, 6.45) is 0.636. The summed E-state index contributed by atoms with van der Waals surface area (Å²) in [5.74, 6) is 3.22. The predicted molar refractivity (Wildman–Crippen MR) is 133 cm³/mol. The van der Waals surface area contributed by atoms with Crippen molar-refractivity contribution in [3.8, 4) is 0 Å². The molecular weight excluding hydrogens is 505 g/mol. The minimum absolute atomic E-state index is 0.0634. The van der Waals surface area contributed by atoms with Gasteiger partial charge in [0.25, 0.3) is 10.0 Å². The molecule has 13 heteroatoms. The Morgan fingerprint density at radius 2 is 1.97 bits per heavy atom. The van der Waals surface area contributed by atoms with Crippen molar-refractivity contribution in [2.75, 3.05) is 32.9 Å². The first-order chi connectivity index (χ1) is 15.6. The second-order valence-electron chi connectivity index (χ2n) is 7.56. The van der Waals surface area contributed by atoms with Gasteiger partial charge in [0, 0.05) is 17.2 Å². The lowest BCUT2D eigenvalue weighted by Crippen LogP contribution is -2.33. The van der Waals surface area contributed by atoms with Gasteiger partial charge < -0.3 is 9.32 Å². The highest BCUT2D eigenvalue weighted by Crippen LogP contribution is 2.33. The van der Waals surface area contributed by atoms with Crippen molar-refractivity contribution in [1.82, 2.24) is 14.3 Å². The van der Waals surface area contributed by atoms with Crippen LogP contribution >= 0.6 is 23.5 Å². The van der Waals surface area contributed by atoms with Crippen molar-refractivity contribution in [3.63, 3.8) is 0 Å². The van der Waals surface area contributed by atoms with Crippen molar-refractivity contribution in [2.24, 2.45) is 4.99 Å². The van der Waals surface area contributed by atoms with E-state index >= 15 is 0 Å². The van der Waals surface area contributed by atoms with E-state index in [0.717, 1.165) is 18.1 Å². The number of nitrogens with zero attached hydrogens (tertiary/aromatic N) is 2. The third kappa shape index (κ3) is 7.23. The first kappa shape index (κ1) is 26.1. The highest BCUT2D eigenvalue weighted by Gasteiger charge is 2.29. The Balaban J connectivity index is 1.58. The number of benzene rings is 1. The van der Waals surface area contributed by atoms with Gasteiger partial charge >= 0.3 is 0 Å². The van der Waals surface area contributed by atoms with Gasteiger partial charge in [0.2, 0.25) is 10.0 Å². The van der Waals surface area contributed by atoms with E-state index in [1.54, 1.807) is 11.8 Å². The van der Waals surface area contributed by atoms with Crippen LogP contribution in [0.3, 0.4) is 0 Å². The second kappa shape index (κ2) is 11.3. The van der Waals surface area contributed by atoms with Crippen molar-refractivity contribution >= 4 is 48.7 Å². The molecule has 0 spiro atoms. The fraction of sp³-hybridized carbons (Fsp3) is 0.450. The molecule has 1 aliphatic heterocycles. The van der Waals surface area contributed by atoms with Gasteiger partial charge in [0.15, 0.2) is 5.17 Å². The summed E-state index contributed by atoms with van der Waals surface area (Å²) in [7, 11) is -3.70. The van der Waals surface area contributed by atoms with E-state index in [2.05, 4.69) is 14.4 Å². The maximum Gasteiger partial charge on any atom is 0.264 e. The molecule has 2 N–H and O–H groups in total. The van der Waals surface area contributed by atoms with E-state index in [1.807, 2.05) is 38.1 Å². The first-order valence-electron chi connectivity index (χ1n) is 10.3. The molecule has 0 unspecified atom stereocenters. The highest BCUT2D eigenvalue weighted by atomic mass is 32.2. The molecule has 33 heavy (non-hydrogen) atoms. The van der Waals surface area contributed by atoms with Crippen LogP contribution in [0.25, 0.3) is 0 Å². The fourth-order valence-electron chi connectivity index (χ4n) is 2.91. The number of furan rings is 1. The topological polar surface area (TPSA) is 121 Å². The molecule has 1 aromatic carbocycles. The van der Waals surface area contributed by atoms with Crippen LogP contribution in [0.5, 0.6) is 0 Å². The zero-order valence-corrected chi connectivity index (χ0v) is 22.0. The van der Waals surface area contributed by atoms with Crippen LogP contribution < -0.4 is 9.44 Å². The number of hydrogen-bond donors (Lipinski definition) is 2. The number of thioether (sulfide) groups is 2. The van der Waals surface area contributed by atoms with Gasteiger partial charge in [0.05, 0.1) is 23.7 Å². The molecule has 3 rings (SSSR count). The Hall–Kier alpha value is -1.51. The maximum absolute atomic E-state index is 12.7. The monoisotopic (exact) mass is 532 g/mol. The van der Waals surface area contributed by atoms with Gasteiger partial charge in [-0.15, -0.1) is 0 Å². The average Bonchev–Trinajstić information content (AvgIpc) is 3.17. The summed E-state index contributed by atoms with van der Waals surface area (Å²) in [5.41, 5.74) is 0. The number of hydrogen-bond acceptors (Lipinski definition) is 9.